The average molecular weight is 248 g/mol. The summed E-state index contributed by atoms with van der Waals surface area (Å²) in [4.78, 5) is 12.7. The Kier molecular flexibility index (Phi) is 2.26. The van der Waals surface area contributed by atoms with E-state index >= 15 is 0 Å². The van der Waals surface area contributed by atoms with Crippen LogP contribution in [-0.2, 0) is 4.79 Å². The van der Waals surface area contributed by atoms with Crippen molar-refractivity contribution in [3.8, 4) is 0 Å². The van der Waals surface area contributed by atoms with Gasteiger partial charge in [-0.05, 0) is 50.4 Å². The minimum absolute atomic E-state index is 0.163. The molecule has 3 fully saturated rings. The van der Waals surface area contributed by atoms with Crippen molar-refractivity contribution in [1.29, 1.82) is 0 Å². The highest BCUT2D eigenvalue weighted by molar-refractivity contribution is 5.92. The molecular weight excluding hydrogens is 224 g/mol. The first kappa shape index (κ1) is 12.4. The molecule has 1 unspecified atom stereocenters. The maximum absolute atomic E-state index is 12.7. The van der Waals surface area contributed by atoms with Gasteiger partial charge in [-0.1, -0.05) is 26.0 Å². The van der Waals surface area contributed by atoms with E-state index in [1.165, 1.54) is 5.57 Å². The van der Waals surface area contributed by atoms with Crippen molar-refractivity contribution in [2.24, 2.45) is 35.0 Å². The highest BCUT2D eigenvalue weighted by Gasteiger charge is 2.70. The third-order valence-electron chi connectivity index (χ3n) is 6.00. The van der Waals surface area contributed by atoms with Gasteiger partial charge in [0, 0.05) is 11.3 Å². The predicted molar refractivity (Wildman–Crippen MR) is 70.9 cm³/mol. The molecule has 0 aliphatic heterocycles. The van der Waals surface area contributed by atoms with Crippen molar-refractivity contribution >= 4 is 5.78 Å². The van der Waals surface area contributed by atoms with Crippen LogP contribution in [0.3, 0.4) is 0 Å². The van der Waals surface area contributed by atoms with E-state index in [4.69, 9.17) is 0 Å². The first-order valence-electron chi connectivity index (χ1n) is 7.12. The van der Waals surface area contributed by atoms with Crippen LogP contribution < -0.4 is 0 Å². The predicted octanol–water partition coefficient (Wildman–Crippen LogP) is 2.81. The lowest BCUT2D eigenvalue weighted by Crippen LogP contribution is -2.45. The molecule has 3 aliphatic carbocycles. The summed E-state index contributed by atoms with van der Waals surface area (Å²) >= 11 is 0. The Labute approximate surface area is 109 Å². The van der Waals surface area contributed by atoms with Crippen molar-refractivity contribution in [2.75, 3.05) is 0 Å². The molecule has 0 aromatic carbocycles. The first-order chi connectivity index (χ1) is 8.18. The molecule has 3 aliphatic rings. The van der Waals surface area contributed by atoms with Crippen molar-refractivity contribution < 1.29 is 9.90 Å². The van der Waals surface area contributed by atoms with Crippen LogP contribution in [0.1, 0.15) is 40.5 Å². The van der Waals surface area contributed by atoms with Gasteiger partial charge in [0.2, 0.25) is 0 Å². The van der Waals surface area contributed by atoms with Gasteiger partial charge in [-0.25, -0.2) is 0 Å². The smallest absolute Gasteiger partial charge is 0.143 e. The summed E-state index contributed by atoms with van der Waals surface area (Å²) in [6, 6.07) is 0. The Morgan fingerprint density at radius 1 is 1.44 bits per heavy atom. The van der Waals surface area contributed by atoms with E-state index < -0.39 is 5.60 Å². The number of Topliss-reactive ketones (excluding diaryl/α,β-unsaturated/α-hetero) is 1. The quantitative estimate of drug-likeness (QED) is 0.725. The molecule has 3 rings (SSSR count). The number of rotatable bonds is 1. The van der Waals surface area contributed by atoms with Crippen molar-refractivity contribution in [3.63, 3.8) is 0 Å². The minimum Gasteiger partial charge on any atom is -0.390 e. The number of carbonyl (C=O) groups excluding carboxylic acids is 1. The van der Waals surface area contributed by atoms with Crippen LogP contribution in [0.2, 0.25) is 0 Å². The standard InChI is InChI=1S/C16H24O2/c1-8-6-9(2)13-12-10(15(3,4)18)7-16(13,5)14(17)11(8)12/h8,10-13,18H,2,6-7H2,1,3-5H3/t8-,10?,11-,12-,13-,16-/m0/s1. The van der Waals surface area contributed by atoms with Crippen LogP contribution >= 0.6 is 0 Å². The lowest BCUT2D eigenvalue weighted by atomic mass is 9.64. The van der Waals surface area contributed by atoms with Gasteiger partial charge in [-0.15, -0.1) is 0 Å². The van der Waals surface area contributed by atoms with E-state index in [0.717, 1.165) is 12.8 Å². The molecule has 3 saturated carbocycles. The molecule has 1 N–H and O–H groups in total. The number of ketones is 1. The van der Waals surface area contributed by atoms with E-state index in [1.807, 2.05) is 13.8 Å². The van der Waals surface area contributed by atoms with Crippen LogP contribution in [0.4, 0.5) is 0 Å². The fourth-order valence-electron chi connectivity index (χ4n) is 5.39. The fourth-order valence-corrected chi connectivity index (χ4v) is 5.39. The zero-order valence-corrected chi connectivity index (χ0v) is 11.9. The summed E-state index contributed by atoms with van der Waals surface area (Å²) in [7, 11) is 0. The third-order valence-corrected chi connectivity index (χ3v) is 6.00. The summed E-state index contributed by atoms with van der Waals surface area (Å²) in [6.45, 7) is 12.3. The first-order valence-corrected chi connectivity index (χ1v) is 7.12. The molecular formula is C16H24O2. The van der Waals surface area contributed by atoms with E-state index in [9.17, 15) is 9.90 Å². The second-order valence-electron chi connectivity index (χ2n) is 7.67. The van der Waals surface area contributed by atoms with Crippen LogP contribution in [-0.4, -0.2) is 16.5 Å². The van der Waals surface area contributed by atoms with Gasteiger partial charge in [-0.2, -0.15) is 0 Å². The van der Waals surface area contributed by atoms with Crippen molar-refractivity contribution in [1.82, 2.24) is 0 Å². The molecule has 100 valence electrons. The van der Waals surface area contributed by atoms with Gasteiger partial charge in [0.05, 0.1) is 5.60 Å². The average Bonchev–Trinajstić information content (AvgIpc) is 2.60. The number of aliphatic hydroxyl groups is 1. The monoisotopic (exact) mass is 248 g/mol. The van der Waals surface area contributed by atoms with E-state index in [1.54, 1.807) is 0 Å². The van der Waals surface area contributed by atoms with Crippen LogP contribution in [0.25, 0.3) is 0 Å². The number of carbonyl (C=O) groups is 1. The molecule has 18 heavy (non-hydrogen) atoms. The van der Waals surface area contributed by atoms with Gasteiger partial charge in [0.25, 0.3) is 0 Å². The topological polar surface area (TPSA) is 37.3 Å². The number of hydrogen-bond donors (Lipinski definition) is 1. The van der Waals surface area contributed by atoms with Crippen molar-refractivity contribution in [3.05, 3.63) is 12.2 Å². The van der Waals surface area contributed by atoms with Gasteiger partial charge >= 0.3 is 0 Å². The minimum atomic E-state index is -0.684. The largest absolute Gasteiger partial charge is 0.390 e. The molecule has 0 heterocycles. The Balaban J connectivity index is 2.11. The molecule has 0 saturated heterocycles. The molecule has 6 atom stereocenters. The molecule has 0 amide bonds. The van der Waals surface area contributed by atoms with Gasteiger partial charge in [0.15, 0.2) is 0 Å². The normalized spacial score (nSPS) is 51.1. The summed E-state index contributed by atoms with van der Waals surface area (Å²) in [6.07, 6.45) is 1.83. The molecule has 4 bridgehead atoms. The fraction of sp³-hybridized carbons (Fsp3) is 0.812. The molecule has 0 aromatic heterocycles. The Morgan fingerprint density at radius 2 is 2.06 bits per heavy atom. The number of hydrogen-bond acceptors (Lipinski definition) is 2. The highest BCUT2D eigenvalue weighted by Crippen LogP contribution is 2.69. The van der Waals surface area contributed by atoms with Gasteiger partial charge < -0.3 is 5.11 Å². The lowest BCUT2D eigenvalue weighted by molar-refractivity contribution is -0.136. The zero-order valence-electron chi connectivity index (χ0n) is 11.9. The van der Waals surface area contributed by atoms with Gasteiger partial charge in [-0.3, -0.25) is 4.79 Å². The summed E-state index contributed by atoms with van der Waals surface area (Å²) in [5, 5.41) is 10.4. The zero-order chi connectivity index (χ0) is 13.5. The lowest BCUT2D eigenvalue weighted by Gasteiger charge is -2.42. The number of allylic oxidation sites excluding steroid dienone is 1. The van der Waals surface area contributed by atoms with Crippen molar-refractivity contribution in [2.45, 2.75) is 46.1 Å². The Hall–Kier alpha value is -0.630. The van der Waals surface area contributed by atoms with Crippen LogP contribution in [0.5, 0.6) is 0 Å². The maximum atomic E-state index is 12.7. The second kappa shape index (κ2) is 3.27. The molecule has 2 heteroatoms. The second-order valence-corrected chi connectivity index (χ2v) is 7.67. The highest BCUT2D eigenvalue weighted by atomic mass is 16.3. The van der Waals surface area contributed by atoms with Crippen LogP contribution in [0.15, 0.2) is 12.2 Å². The maximum Gasteiger partial charge on any atom is 0.143 e. The molecule has 0 radical (unpaired) electrons. The summed E-state index contributed by atoms with van der Waals surface area (Å²) in [5.41, 5.74) is 0.322. The Bertz CT molecular complexity index is 431. The summed E-state index contributed by atoms with van der Waals surface area (Å²) < 4.78 is 0. The van der Waals surface area contributed by atoms with E-state index in [2.05, 4.69) is 20.4 Å². The molecule has 0 spiro atoms. The SMILES string of the molecule is C=C1C[C@H](C)[C@@H]2C(=O)[C@@]3(C)CC(C(C)(C)O)[C@@H]2[C@H]13. The van der Waals surface area contributed by atoms with Crippen LogP contribution in [0, 0.1) is 35.0 Å². The molecule has 0 aromatic rings. The van der Waals surface area contributed by atoms with E-state index in [-0.39, 0.29) is 17.3 Å². The summed E-state index contributed by atoms with van der Waals surface area (Å²) in [5.74, 6) is 1.91. The van der Waals surface area contributed by atoms with Gasteiger partial charge in [0.1, 0.15) is 5.78 Å². The third kappa shape index (κ3) is 1.25. The molecule has 2 nitrogen and oxygen atoms in total. The van der Waals surface area contributed by atoms with E-state index in [0.29, 0.717) is 23.5 Å². The Morgan fingerprint density at radius 3 is 2.61 bits per heavy atom.